The van der Waals surface area contributed by atoms with E-state index in [2.05, 4.69) is 0 Å². The molecular formula is C6H8O4. The molecule has 0 aromatic carbocycles. The third-order valence-electron chi connectivity index (χ3n) is 1.18. The molecule has 1 saturated heterocycles. The van der Waals surface area contributed by atoms with Gasteiger partial charge in [-0.05, 0) is 6.42 Å². The summed E-state index contributed by atoms with van der Waals surface area (Å²) in [5.41, 5.74) is 0. The Hall–Kier alpha value is -0.740. The van der Waals surface area contributed by atoms with Crippen molar-refractivity contribution >= 4 is 12.1 Å². The second-order valence-corrected chi connectivity index (χ2v) is 1.95. The fourth-order valence-corrected chi connectivity index (χ4v) is 0.708. The van der Waals surface area contributed by atoms with Crippen molar-refractivity contribution in [1.29, 1.82) is 0 Å². The predicted molar refractivity (Wildman–Crippen MR) is 31.4 cm³/mol. The zero-order chi connectivity index (χ0) is 7.40. The molecular weight excluding hydrogens is 136 g/mol. The maximum absolute atomic E-state index is 10.5. The highest BCUT2D eigenvalue weighted by molar-refractivity contribution is 6.26. The molecule has 0 N–H and O–H groups in total. The zero-order valence-electron chi connectivity index (χ0n) is 5.41. The largest absolute Gasteiger partial charge is 0.346 e. The molecule has 1 aliphatic rings. The van der Waals surface area contributed by atoms with Gasteiger partial charge in [0.15, 0.2) is 6.29 Å². The predicted octanol–water partition coefficient (Wildman–Crippen LogP) is -0.483. The van der Waals surface area contributed by atoms with E-state index >= 15 is 0 Å². The average Bonchev–Trinajstić information content (AvgIpc) is 2.05. The molecule has 0 saturated carbocycles. The van der Waals surface area contributed by atoms with E-state index < -0.39 is 12.1 Å². The molecule has 0 spiro atoms. The third-order valence-corrected chi connectivity index (χ3v) is 1.18. The van der Waals surface area contributed by atoms with Crippen molar-refractivity contribution in [2.45, 2.75) is 12.7 Å². The summed E-state index contributed by atoms with van der Waals surface area (Å²) in [4.78, 5) is 20.4. The van der Waals surface area contributed by atoms with Crippen LogP contribution in [0.4, 0.5) is 0 Å². The molecule has 0 amide bonds. The maximum Gasteiger partial charge on any atom is 0.251 e. The summed E-state index contributed by atoms with van der Waals surface area (Å²) in [6.45, 7) is 0.981. The van der Waals surface area contributed by atoms with Gasteiger partial charge in [-0.2, -0.15) is 0 Å². The molecule has 10 heavy (non-hydrogen) atoms. The van der Waals surface area contributed by atoms with Crippen LogP contribution in [0.5, 0.6) is 0 Å². The van der Waals surface area contributed by atoms with Crippen LogP contribution in [0.15, 0.2) is 0 Å². The van der Waals surface area contributed by atoms with E-state index in [-0.39, 0.29) is 6.29 Å². The van der Waals surface area contributed by atoms with Crippen molar-refractivity contribution in [3.63, 3.8) is 0 Å². The lowest BCUT2D eigenvalue weighted by atomic mass is 10.4. The molecule has 0 bridgehead atoms. The first-order valence-electron chi connectivity index (χ1n) is 3.07. The van der Waals surface area contributed by atoms with Crippen LogP contribution < -0.4 is 0 Å². The Kier molecular flexibility index (Phi) is 2.53. The van der Waals surface area contributed by atoms with Crippen molar-refractivity contribution < 1.29 is 19.1 Å². The van der Waals surface area contributed by atoms with Gasteiger partial charge in [0, 0.05) is 0 Å². The van der Waals surface area contributed by atoms with Gasteiger partial charge in [-0.1, -0.05) is 0 Å². The summed E-state index contributed by atoms with van der Waals surface area (Å²) in [6, 6.07) is 0. The number of hydrogen-bond donors (Lipinski definition) is 0. The highest BCUT2D eigenvalue weighted by Crippen LogP contribution is 2.03. The Morgan fingerprint density at radius 1 is 1.40 bits per heavy atom. The van der Waals surface area contributed by atoms with E-state index in [1.54, 1.807) is 0 Å². The molecule has 0 atom stereocenters. The minimum Gasteiger partial charge on any atom is -0.346 e. The Morgan fingerprint density at radius 2 is 2.00 bits per heavy atom. The van der Waals surface area contributed by atoms with E-state index in [1.807, 2.05) is 0 Å². The summed E-state index contributed by atoms with van der Waals surface area (Å²) >= 11 is 0. The van der Waals surface area contributed by atoms with Crippen LogP contribution in [0.25, 0.3) is 0 Å². The molecule has 1 rings (SSSR count). The molecule has 0 aromatic rings. The number of rotatable bonds is 2. The number of carbonyl (C=O) groups excluding carboxylic acids is 2. The molecule has 0 unspecified atom stereocenters. The zero-order valence-corrected chi connectivity index (χ0v) is 5.41. The summed E-state index contributed by atoms with van der Waals surface area (Å²) < 4.78 is 9.66. The third kappa shape index (κ3) is 1.62. The first kappa shape index (κ1) is 7.37. The molecule has 0 aliphatic carbocycles. The number of hydrogen-bond acceptors (Lipinski definition) is 4. The highest BCUT2D eigenvalue weighted by atomic mass is 16.7. The minimum absolute atomic E-state index is 0.218. The number of aldehydes is 1. The molecule has 1 fully saturated rings. The van der Waals surface area contributed by atoms with Crippen LogP contribution >= 0.6 is 0 Å². The second-order valence-electron chi connectivity index (χ2n) is 1.95. The fraction of sp³-hybridized carbons (Fsp3) is 0.667. The molecule has 0 radical (unpaired) electrons. The van der Waals surface area contributed by atoms with Crippen LogP contribution in [-0.2, 0) is 19.1 Å². The number of ketones is 1. The van der Waals surface area contributed by atoms with Crippen LogP contribution in [0.2, 0.25) is 0 Å². The lowest BCUT2D eigenvalue weighted by Gasteiger charge is -2.19. The highest BCUT2D eigenvalue weighted by Gasteiger charge is 2.21. The van der Waals surface area contributed by atoms with Gasteiger partial charge in [-0.25, -0.2) is 0 Å². The second kappa shape index (κ2) is 3.43. The van der Waals surface area contributed by atoms with Crippen LogP contribution in [0, 0.1) is 0 Å². The van der Waals surface area contributed by atoms with Crippen LogP contribution in [0.3, 0.4) is 0 Å². The lowest BCUT2D eigenvalue weighted by molar-refractivity contribution is -0.187. The van der Waals surface area contributed by atoms with Gasteiger partial charge in [0.2, 0.25) is 6.29 Å². The van der Waals surface area contributed by atoms with Crippen LogP contribution in [0.1, 0.15) is 6.42 Å². The van der Waals surface area contributed by atoms with Gasteiger partial charge in [0.05, 0.1) is 13.2 Å². The normalized spacial score (nSPS) is 20.4. The van der Waals surface area contributed by atoms with Crippen molar-refractivity contribution in [2.24, 2.45) is 0 Å². The molecule has 4 nitrogen and oxygen atoms in total. The Labute approximate surface area is 58.1 Å². The molecule has 1 aliphatic heterocycles. The Bertz CT molecular complexity index is 137. The summed E-state index contributed by atoms with van der Waals surface area (Å²) in [6.07, 6.45) is 0.0600. The molecule has 56 valence electrons. The van der Waals surface area contributed by atoms with Crippen molar-refractivity contribution in [1.82, 2.24) is 0 Å². The summed E-state index contributed by atoms with van der Waals surface area (Å²) in [5.74, 6) is -0.639. The average molecular weight is 144 g/mol. The van der Waals surface area contributed by atoms with Gasteiger partial charge in [0.1, 0.15) is 0 Å². The van der Waals surface area contributed by atoms with E-state index in [0.29, 0.717) is 13.2 Å². The van der Waals surface area contributed by atoms with E-state index in [1.165, 1.54) is 0 Å². The minimum atomic E-state index is -0.939. The van der Waals surface area contributed by atoms with Gasteiger partial charge in [-0.3, -0.25) is 9.59 Å². The van der Waals surface area contributed by atoms with Crippen molar-refractivity contribution in [2.75, 3.05) is 13.2 Å². The molecule has 1 heterocycles. The number of carbonyl (C=O) groups is 2. The molecule has 4 heteroatoms. The van der Waals surface area contributed by atoms with Gasteiger partial charge >= 0.3 is 0 Å². The van der Waals surface area contributed by atoms with Crippen LogP contribution in [-0.4, -0.2) is 31.6 Å². The first-order valence-corrected chi connectivity index (χ1v) is 3.07. The van der Waals surface area contributed by atoms with E-state index in [4.69, 9.17) is 9.47 Å². The topological polar surface area (TPSA) is 52.6 Å². The SMILES string of the molecule is O=CC(=O)C1OCCCO1. The van der Waals surface area contributed by atoms with E-state index in [9.17, 15) is 9.59 Å². The summed E-state index contributed by atoms with van der Waals surface area (Å²) in [7, 11) is 0. The Balaban J connectivity index is 2.38. The van der Waals surface area contributed by atoms with Crippen molar-refractivity contribution in [3.8, 4) is 0 Å². The van der Waals surface area contributed by atoms with Gasteiger partial charge in [0.25, 0.3) is 5.78 Å². The standard InChI is InChI=1S/C6H8O4/c7-4-5(8)6-9-2-1-3-10-6/h4,6H,1-3H2. The first-order chi connectivity index (χ1) is 4.84. The van der Waals surface area contributed by atoms with Gasteiger partial charge < -0.3 is 9.47 Å². The smallest absolute Gasteiger partial charge is 0.251 e. The molecule has 0 aromatic heterocycles. The van der Waals surface area contributed by atoms with E-state index in [0.717, 1.165) is 6.42 Å². The monoisotopic (exact) mass is 144 g/mol. The Morgan fingerprint density at radius 3 is 2.50 bits per heavy atom. The quantitative estimate of drug-likeness (QED) is 0.388. The maximum atomic E-state index is 10.5. The lowest BCUT2D eigenvalue weighted by Crippen LogP contribution is -2.33. The fourth-order valence-electron chi connectivity index (χ4n) is 0.708. The van der Waals surface area contributed by atoms with Gasteiger partial charge in [-0.15, -0.1) is 0 Å². The summed E-state index contributed by atoms with van der Waals surface area (Å²) in [5, 5.41) is 0. The van der Waals surface area contributed by atoms with Crippen molar-refractivity contribution in [3.05, 3.63) is 0 Å². The number of Topliss-reactive ketones (excluding diaryl/α,β-unsaturated/α-hetero) is 1. The number of ether oxygens (including phenoxy) is 2.